The maximum Gasteiger partial charge on any atom is 0.143 e. The Bertz CT molecular complexity index is 321. The van der Waals surface area contributed by atoms with E-state index in [9.17, 15) is 0 Å². The van der Waals surface area contributed by atoms with Crippen molar-refractivity contribution in [1.29, 1.82) is 5.41 Å². The summed E-state index contributed by atoms with van der Waals surface area (Å²) in [5, 5.41) is 8.06. The number of nitrogen functional groups attached to an aromatic ring is 1. The van der Waals surface area contributed by atoms with Gasteiger partial charge in [-0.3, -0.25) is 5.41 Å². The van der Waals surface area contributed by atoms with Crippen molar-refractivity contribution >= 4 is 17.6 Å². The zero-order valence-corrected chi connectivity index (χ0v) is 9.84. The zero-order valence-electron chi connectivity index (χ0n) is 9.03. The Morgan fingerprint density at radius 1 is 1.47 bits per heavy atom. The molecule has 15 heavy (non-hydrogen) atoms. The van der Waals surface area contributed by atoms with Gasteiger partial charge in [-0.2, -0.15) is 0 Å². The molecule has 0 radical (unpaired) electrons. The van der Waals surface area contributed by atoms with Gasteiger partial charge < -0.3 is 5.73 Å². The van der Waals surface area contributed by atoms with Crippen LogP contribution in [-0.2, 0) is 0 Å². The van der Waals surface area contributed by atoms with Gasteiger partial charge in [-0.25, -0.2) is 9.97 Å². The lowest BCUT2D eigenvalue weighted by molar-refractivity contribution is 0.632. The van der Waals surface area contributed by atoms with E-state index in [4.69, 9.17) is 11.1 Å². The molecule has 0 unspecified atom stereocenters. The summed E-state index contributed by atoms with van der Waals surface area (Å²) in [5.74, 6) is 1.72. The van der Waals surface area contributed by atoms with E-state index in [0.29, 0.717) is 11.6 Å². The molecule has 0 aliphatic carbocycles. The summed E-state index contributed by atoms with van der Waals surface area (Å²) in [5.41, 5.74) is 5.71. The number of hydrogen-bond donors (Lipinski definition) is 2. The largest absolute Gasteiger partial charge is 0.382 e. The molecule has 1 heterocycles. The summed E-state index contributed by atoms with van der Waals surface area (Å²) >= 11 is 1.68. The fourth-order valence-corrected chi connectivity index (χ4v) is 1.98. The van der Waals surface area contributed by atoms with Gasteiger partial charge in [0.1, 0.15) is 16.6 Å². The number of amidine groups is 1. The number of thioether (sulfide) groups is 1. The van der Waals surface area contributed by atoms with Crippen LogP contribution in [0.4, 0.5) is 0 Å². The van der Waals surface area contributed by atoms with Crippen molar-refractivity contribution in [2.45, 2.75) is 25.3 Å². The number of nitrogens with zero attached hydrogens (tertiary/aromatic N) is 2. The van der Waals surface area contributed by atoms with Crippen LogP contribution in [0.15, 0.2) is 17.4 Å². The molecule has 5 heteroatoms. The second-order valence-electron chi connectivity index (χ2n) is 3.68. The van der Waals surface area contributed by atoms with E-state index in [2.05, 4.69) is 23.8 Å². The molecule has 1 aromatic rings. The van der Waals surface area contributed by atoms with Gasteiger partial charge >= 0.3 is 0 Å². The van der Waals surface area contributed by atoms with Crippen LogP contribution in [0.25, 0.3) is 0 Å². The third-order valence-corrected chi connectivity index (χ3v) is 2.80. The fourth-order valence-electron chi connectivity index (χ4n) is 0.929. The Balaban J connectivity index is 2.46. The molecular weight excluding hydrogens is 208 g/mol. The maximum absolute atomic E-state index is 7.17. The van der Waals surface area contributed by atoms with Gasteiger partial charge in [-0.05, 0) is 18.1 Å². The second-order valence-corrected chi connectivity index (χ2v) is 4.80. The third kappa shape index (κ3) is 4.29. The predicted octanol–water partition coefficient (Wildman–Crippen LogP) is 1.90. The Morgan fingerprint density at radius 3 is 2.67 bits per heavy atom. The highest BCUT2D eigenvalue weighted by molar-refractivity contribution is 7.99. The fraction of sp³-hybridized carbons (Fsp3) is 0.500. The molecule has 1 rings (SSSR count). The highest BCUT2D eigenvalue weighted by atomic mass is 32.2. The van der Waals surface area contributed by atoms with E-state index in [-0.39, 0.29) is 5.84 Å². The first kappa shape index (κ1) is 12.0. The first-order valence-corrected chi connectivity index (χ1v) is 5.87. The van der Waals surface area contributed by atoms with Crippen LogP contribution in [0.5, 0.6) is 0 Å². The summed E-state index contributed by atoms with van der Waals surface area (Å²) < 4.78 is 0. The van der Waals surface area contributed by atoms with E-state index in [1.165, 1.54) is 6.42 Å². The summed E-state index contributed by atoms with van der Waals surface area (Å²) in [6.45, 7) is 4.40. The summed E-state index contributed by atoms with van der Waals surface area (Å²) in [7, 11) is 0. The second kappa shape index (κ2) is 5.70. The van der Waals surface area contributed by atoms with Gasteiger partial charge in [0.25, 0.3) is 0 Å². The van der Waals surface area contributed by atoms with Gasteiger partial charge in [0.15, 0.2) is 0 Å². The molecule has 0 fully saturated rings. The van der Waals surface area contributed by atoms with Crippen LogP contribution >= 0.6 is 11.8 Å². The number of nitrogens with two attached hydrogens (primary N) is 1. The quantitative estimate of drug-likeness (QED) is 0.455. The minimum absolute atomic E-state index is 0.0405. The molecule has 0 bridgehead atoms. The zero-order chi connectivity index (χ0) is 11.3. The molecule has 0 atom stereocenters. The van der Waals surface area contributed by atoms with Crippen molar-refractivity contribution in [3.63, 3.8) is 0 Å². The van der Waals surface area contributed by atoms with E-state index in [1.807, 2.05) is 0 Å². The van der Waals surface area contributed by atoms with Crippen LogP contribution in [0.1, 0.15) is 26.0 Å². The van der Waals surface area contributed by atoms with E-state index < -0.39 is 0 Å². The standard InChI is InChI=1S/C10H16N4S/c1-7(2)3-4-15-9-6-13-8(5-14-9)10(11)12/h5-7H,3-4H2,1-2H3,(H3,11,12). The average Bonchev–Trinajstić information content (AvgIpc) is 2.18. The number of rotatable bonds is 5. The topological polar surface area (TPSA) is 75.7 Å². The summed E-state index contributed by atoms with van der Waals surface area (Å²) in [6, 6.07) is 0. The highest BCUT2D eigenvalue weighted by Crippen LogP contribution is 2.16. The molecule has 0 aliphatic heterocycles. The molecule has 0 saturated carbocycles. The van der Waals surface area contributed by atoms with E-state index in [0.717, 1.165) is 10.8 Å². The van der Waals surface area contributed by atoms with Gasteiger partial charge in [-0.1, -0.05) is 13.8 Å². The van der Waals surface area contributed by atoms with Gasteiger partial charge in [-0.15, -0.1) is 11.8 Å². The van der Waals surface area contributed by atoms with Crippen molar-refractivity contribution in [3.8, 4) is 0 Å². The molecule has 3 N–H and O–H groups in total. The molecule has 1 aromatic heterocycles. The first-order valence-electron chi connectivity index (χ1n) is 4.89. The minimum Gasteiger partial charge on any atom is -0.382 e. The SMILES string of the molecule is CC(C)CCSc1cnc(C(=N)N)cn1. The monoisotopic (exact) mass is 224 g/mol. The lowest BCUT2D eigenvalue weighted by Gasteiger charge is -2.03. The molecule has 0 aromatic carbocycles. The molecule has 0 saturated heterocycles. The maximum atomic E-state index is 7.17. The van der Waals surface area contributed by atoms with Gasteiger partial charge in [0.2, 0.25) is 0 Å². The van der Waals surface area contributed by atoms with Crippen LogP contribution in [0, 0.1) is 11.3 Å². The van der Waals surface area contributed by atoms with Crippen LogP contribution in [-0.4, -0.2) is 21.6 Å². The van der Waals surface area contributed by atoms with Gasteiger partial charge in [0, 0.05) is 0 Å². The van der Waals surface area contributed by atoms with Crippen LogP contribution in [0.3, 0.4) is 0 Å². The smallest absolute Gasteiger partial charge is 0.143 e. The van der Waals surface area contributed by atoms with Crippen LogP contribution in [0.2, 0.25) is 0 Å². The first-order chi connectivity index (χ1) is 7.09. The van der Waals surface area contributed by atoms with Crippen molar-refractivity contribution in [2.75, 3.05) is 5.75 Å². The Kier molecular flexibility index (Phi) is 4.55. The molecular formula is C10H16N4S. The number of aromatic nitrogens is 2. The molecule has 0 aliphatic rings. The Hall–Kier alpha value is -1.10. The third-order valence-electron chi connectivity index (χ3n) is 1.85. The number of hydrogen-bond acceptors (Lipinski definition) is 4. The number of nitrogens with one attached hydrogen (secondary N) is 1. The van der Waals surface area contributed by atoms with Crippen molar-refractivity contribution < 1.29 is 0 Å². The summed E-state index contributed by atoms with van der Waals surface area (Å²) in [4.78, 5) is 8.22. The molecule has 4 nitrogen and oxygen atoms in total. The predicted molar refractivity (Wildman–Crippen MR) is 63.2 cm³/mol. The average molecular weight is 224 g/mol. The van der Waals surface area contributed by atoms with Crippen molar-refractivity contribution in [2.24, 2.45) is 11.7 Å². The highest BCUT2D eigenvalue weighted by Gasteiger charge is 2.01. The normalized spacial score (nSPS) is 10.6. The minimum atomic E-state index is -0.0405. The lowest BCUT2D eigenvalue weighted by atomic mass is 10.2. The molecule has 82 valence electrons. The van der Waals surface area contributed by atoms with Crippen molar-refractivity contribution in [3.05, 3.63) is 18.1 Å². The van der Waals surface area contributed by atoms with E-state index >= 15 is 0 Å². The Labute approximate surface area is 94.2 Å². The molecule has 0 spiro atoms. The lowest BCUT2D eigenvalue weighted by Crippen LogP contribution is -2.13. The van der Waals surface area contributed by atoms with Crippen molar-refractivity contribution in [1.82, 2.24) is 9.97 Å². The Morgan fingerprint density at radius 2 is 2.20 bits per heavy atom. The summed E-state index contributed by atoms with van der Waals surface area (Å²) in [6.07, 6.45) is 4.38. The van der Waals surface area contributed by atoms with Crippen LogP contribution < -0.4 is 5.73 Å². The van der Waals surface area contributed by atoms with E-state index in [1.54, 1.807) is 24.2 Å². The molecule has 0 amide bonds. The van der Waals surface area contributed by atoms with Gasteiger partial charge in [0.05, 0.1) is 12.4 Å².